The Labute approximate surface area is 133 Å². The van der Waals surface area contributed by atoms with Gasteiger partial charge in [-0.1, -0.05) is 6.92 Å². The highest BCUT2D eigenvalue weighted by Gasteiger charge is 2.29. The molecule has 0 aliphatic heterocycles. The van der Waals surface area contributed by atoms with Crippen LogP contribution in [0.3, 0.4) is 0 Å². The number of amides is 2. The first-order valence-electron chi connectivity index (χ1n) is 7.02. The molecule has 118 valence electrons. The van der Waals surface area contributed by atoms with E-state index in [2.05, 4.69) is 15.6 Å². The maximum atomic E-state index is 12.3. The number of nitrogens with zero attached hydrogens (tertiary/aromatic N) is 2. The SMILES string of the molecule is CC[C@@](C)(NC(=O)Nc1c(C)ccn(C)c1=O)c1nccs1. The maximum Gasteiger partial charge on any atom is 0.320 e. The number of urea groups is 1. The number of aryl methyl sites for hydroxylation is 2. The normalized spacial score (nSPS) is 13.5. The van der Waals surface area contributed by atoms with Gasteiger partial charge >= 0.3 is 6.03 Å². The number of anilines is 1. The van der Waals surface area contributed by atoms with Crippen LogP contribution >= 0.6 is 11.3 Å². The standard InChI is InChI=1S/C15H20N4O2S/c1-5-15(3,13-16-7-9-22-13)18-14(21)17-11-10(2)6-8-19(4)12(11)20/h6-9H,5H2,1-4H3,(H2,17,18,21)/t15-/m1/s1. The average molecular weight is 320 g/mol. The van der Waals surface area contributed by atoms with E-state index < -0.39 is 11.6 Å². The molecule has 2 aromatic heterocycles. The topological polar surface area (TPSA) is 76.0 Å². The number of thiazole rings is 1. The molecular formula is C15H20N4O2S. The Hall–Kier alpha value is -2.15. The number of hydrogen-bond acceptors (Lipinski definition) is 4. The third-order valence-corrected chi connectivity index (χ3v) is 4.75. The lowest BCUT2D eigenvalue weighted by Gasteiger charge is -2.27. The van der Waals surface area contributed by atoms with Crippen LogP contribution in [0.15, 0.2) is 28.6 Å². The van der Waals surface area contributed by atoms with Gasteiger partial charge in [0.05, 0.1) is 5.54 Å². The third-order valence-electron chi connectivity index (χ3n) is 3.72. The van der Waals surface area contributed by atoms with Gasteiger partial charge in [-0.2, -0.15) is 0 Å². The Morgan fingerprint density at radius 2 is 2.23 bits per heavy atom. The third kappa shape index (κ3) is 3.19. The Kier molecular flexibility index (Phi) is 4.65. The maximum absolute atomic E-state index is 12.3. The molecule has 6 nitrogen and oxygen atoms in total. The Balaban J connectivity index is 2.20. The van der Waals surface area contributed by atoms with E-state index in [4.69, 9.17) is 0 Å². The molecule has 0 spiro atoms. The van der Waals surface area contributed by atoms with E-state index in [-0.39, 0.29) is 5.56 Å². The Morgan fingerprint density at radius 1 is 1.50 bits per heavy atom. The summed E-state index contributed by atoms with van der Waals surface area (Å²) in [5.74, 6) is 0. The van der Waals surface area contributed by atoms with E-state index in [1.807, 2.05) is 19.2 Å². The summed E-state index contributed by atoms with van der Waals surface area (Å²) >= 11 is 1.49. The fourth-order valence-corrected chi connectivity index (χ4v) is 2.88. The lowest BCUT2D eigenvalue weighted by molar-refractivity contribution is 0.237. The summed E-state index contributed by atoms with van der Waals surface area (Å²) in [4.78, 5) is 28.7. The van der Waals surface area contributed by atoms with E-state index in [1.165, 1.54) is 15.9 Å². The van der Waals surface area contributed by atoms with Crippen LogP contribution in [0, 0.1) is 6.92 Å². The molecule has 0 saturated carbocycles. The van der Waals surface area contributed by atoms with Crippen LogP contribution in [0.4, 0.5) is 10.5 Å². The first-order valence-corrected chi connectivity index (χ1v) is 7.90. The summed E-state index contributed by atoms with van der Waals surface area (Å²) in [5, 5.41) is 8.29. The van der Waals surface area contributed by atoms with Gasteiger partial charge in [-0.15, -0.1) is 11.3 Å². The van der Waals surface area contributed by atoms with Gasteiger partial charge < -0.3 is 15.2 Å². The number of nitrogens with one attached hydrogen (secondary N) is 2. The quantitative estimate of drug-likeness (QED) is 0.909. The average Bonchev–Trinajstić information content (AvgIpc) is 3.02. The summed E-state index contributed by atoms with van der Waals surface area (Å²) in [5.41, 5.74) is 0.222. The van der Waals surface area contributed by atoms with Crippen LogP contribution in [0.25, 0.3) is 0 Å². The molecule has 22 heavy (non-hydrogen) atoms. The van der Waals surface area contributed by atoms with Crippen molar-refractivity contribution in [1.29, 1.82) is 0 Å². The van der Waals surface area contributed by atoms with Crippen LogP contribution < -0.4 is 16.2 Å². The first-order chi connectivity index (χ1) is 10.4. The van der Waals surface area contributed by atoms with E-state index in [0.717, 1.165) is 10.6 Å². The van der Waals surface area contributed by atoms with Gasteiger partial charge in [0.2, 0.25) is 0 Å². The van der Waals surface area contributed by atoms with Gasteiger partial charge in [0.15, 0.2) is 0 Å². The monoisotopic (exact) mass is 320 g/mol. The van der Waals surface area contributed by atoms with Crippen molar-refractivity contribution in [3.05, 3.63) is 44.8 Å². The summed E-state index contributed by atoms with van der Waals surface area (Å²) < 4.78 is 1.43. The predicted octanol–water partition coefficient (Wildman–Crippen LogP) is 2.60. The molecule has 0 aromatic carbocycles. The summed E-state index contributed by atoms with van der Waals surface area (Å²) in [7, 11) is 1.65. The van der Waals surface area contributed by atoms with Crippen molar-refractivity contribution in [2.75, 3.05) is 5.32 Å². The molecule has 2 aromatic rings. The minimum Gasteiger partial charge on any atom is -0.326 e. The minimum atomic E-state index is -0.563. The summed E-state index contributed by atoms with van der Waals surface area (Å²) in [6.45, 7) is 5.69. The van der Waals surface area contributed by atoms with Crippen molar-refractivity contribution in [1.82, 2.24) is 14.9 Å². The predicted molar refractivity (Wildman–Crippen MR) is 88.3 cm³/mol. The molecule has 7 heteroatoms. The molecule has 0 saturated heterocycles. The number of rotatable bonds is 4. The van der Waals surface area contributed by atoms with E-state index in [9.17, 15) is 9.59 Å². The molecule has 1 atom stereocenters. The second-order valence-corrected chi connectivity index (χ2v) is 6.29. The lowest BCUT2D eigenvalue weighted by Crippen LogP contribution is -2.46. The summed E-state index contributed by atoms with van der Waals surface area (Å²) in [6.07, 6.45) is 4.08. The molecule has 2 rings (SSSR count). The van der Waals surface area contributed by atoms with Crippen LogP contribution in [0.5, 0.6) is 0 Å². The van der Waals surface area contributed by atoms with Crippen LogP contribution in [-0.4, -0.2) is 15.6 Å². The Bertz CT molecular complexity index is 724. The van der Waals surface area contributed by atoms with Crippen LogP contribution in [-0.2, 0) is 12.6 Å². The largest absolute Gasteiger partial charge is 0.326 e. The molecule has 2 heterocycles. The number of hydrogen-bond donors (Lipinski definition) is 2. The second kappa shape index (κ2) is 6.31. The molecular weight excluding hydrogens is 300 g/mol. The molecule has 2 N–H and O–H groups in total. The highest BCUT2D eigenvalue weighted by molar-refractivity contribution is 7.09. The fourth-order valence-electron chi connectivity index (χ4n) is 2.06. The van der Waals surface area contributed by atoms with Gasteiger partial charge in [-0.25, -0.2) is 9.78 Å². The Morgan fingerprint density at radius 3 is 2.82 bits per heavy atom. The van der Waals surface area contributed by atoms with E-state index >= 15 is 0 Å². The fraction of sp³-hybridized carbons (Fsp3) is 0.400. The zero-order valence-corrected chi connectivity index (χ0v) is 14.0. The highest BCUT2D eigenvalue weighted by atomic mass is 32.1. The van der Waals surface area contributed by atoms with E-state index in [1.54, 1.807) is 32.4 Å². The van der Waals surface area contributed by atoms with Crippen LogP contribution in [0.2, 0.25) is 0 Å². The number of carbonyl (C=O) groups excluding carboxylic acids is 1. The first kappa shape index (κ1) is 16.2. The van der Waals surface area contributed by atoms with Gasteiger partial charge in [0.25, 0.3) is 5.56 Å². The van der Waals surface area contributed by atoms with Crippen molar-refractivity contribution in [2.24, 2.45) is 7.05 Å². The van der Waals surface area contributed by atoms with Crippen molar-refractivity contribution in [3.63, 3.8) is 0 Å². The molecule has 0 bridgehead atoms. The van der Waals surface area contributed by atoms with Crippen molar-refractivity contribution in [2.45, 2.75) is 32.7 Å². The van der Waals surface area contributed by atoms with Crippen molar-refractivity contribution >= 4 is 23.1 Å². The van der Waals surface area contributed by atoms with Gasteiger partial charge in [-0.05, 0) is 31.9 Å². The zero-order chi connectivity index (χ0) is 16.3. The zero-order valence-electron chi connectivity index (χ0n) is 13.1. The molecule has 0 fully saturated rings. The molecule has 0 unspecified atom stereocenters. The minimum absolute atomic E-state index is 0.234. The van der Waals surface area contributed by atoms with Gasteiger partial charge in [0.1, 0.15) is 10.7 Å². The van der Waals surface area contributed by atoms with E-state index in [0.29, 0.717) is 12.1 Å². The molecule has 0 aliphatic rings. The second-order valence-electron chi connectivity index (χ2n) is 5.39. The van der Waals surface area contributed by atoms with Gasteiger partial charge in [0, 0.05) is 24.8 Å². The molecule has 2 amide bonds. The van der Waals surface area contributed by atoms with Crippen LogP contribution in [0.1, 0.15) is 30.8 Å². The number of pyridine rings is 1. The lowest BCUT2D eigenvalue weighted by atomic mass is 10.0. The van der Waals surface area contributed by atoms with Crippen molar-refractivity contribution < 1.29 is 4.79 Å². The number of aromatic nitrogens is 2. The summed E-state index contributed by atoms with van der Waals surface area (Å²) in [6, 6.07) is 1.38. The molecule has 0 radical (unpaired) electrons. The van der Waals surface area contributed by atoms with Crippen molar-refractivity contribution in [3.8, 4) is 0 Å². The highest BCUT2D eigenvalue weighted by Crippen LogP contribution is 2.26. The van der Waals surface area contributed by atoms with Gasteiger partial charge in [-0.3, -0.25) is 4.79 Å². The molecule has 0 aliphatic carbocycles. The smallest absolute Gasteiger partial charge is 0.320 e. The number of carbonyl (C=O) groups is 1.